The molecule has 2 aliphatic heterocycles. The molecular weight excluding hydrogens is 598 g/mol. The molecule has 0 unspecified atom stereocenters. The van der Waals surface area contributed by atoms with Gasteiger partial charge in [-0.1, -0.05) is 24.3 Å². The number of guanidine groups is 1. The minimum atomic E-state index is -1.77. The first-order chi connectivity index (χ1) is 14.1. The number of para-hydroxylation sites is 1. The van der Waals surface area contributed by atoms with Crippen LogP contribution in [-0.2, 0) is 3.07 Å². The molecule has 2 aromatic rings. The van der Waals surface area contributed by atoms with Crippen molar-refractivity contribution in [3.8, 4) is 0 Å². The minimum Gasteiger partial charge on any atom is -0.748 e. The molecule has 10 heteroatoms. The van der Waals surface area contributed by atoms with Crippen molar-refractivity contribution in [1.29, 1.82) is 0 Å². The van der Waals surface area contributed by atoms with Crippen LogP contribution in [0.4, 0.5) is 17.1 Å². The van der Waals surface area contributed by atoms with Gasteiger partial charge in [0.05, 0.1) is 17.4 Å². The van der Waals surface area contributed by atoms with E-state index in [9.17, 15) is 8.28 Å². The summed E-state index contributed by atoms with van der Waals surface area (Å²) in [5.74, 6) is 1.77. The van der Waals surface area contributed by atoms with Gasteiger partial charge in [0.1, 0.15) is 27.1 Å². The summed E-state index contributed by atoms with van der Waals surface area (Å²) in [6, 6.07) is 15.1. The lowest BCUT2D eigenvalue weighted by atomic mass is 10.1. The number of nitrogens with one attached hydrogen (secondary N) is 1. The Morgan fingerprint density at radius 2 is 2.14 bits per heavy atom. The van der Waals surface area contributed by atoms with Gasteiger partial charge in [-0.15, -0.1) is 0 Å². The molecule has 0 aromatic heterocycles. The number of aliphatic imine (C=N–C) groups is 1. The molecular formula is C19H19I2N6O2-. The molecule has 2 heterocycles. The minimum absolute atomic E-state index is 0.164. The van der Waals surface area contributed by atoms with Gasteiger partial charge in [-0.05, 0) is 42.8 Å². The summed E-state index contributed by atoms with van der Waals surface area (Å²) in [6.07, 6.45) is 2.15. The van der Waals surface area contributed by atoms with Crippen molar-refractivity contribution in [2.75, 3.05) is 20.0 Å². The Balaban J connectivity index is 1.56. The van der Waals surface area contributed by atoms with Crippen LogP contribution in [0.3, 0.4) is 0 Å². The van der Waals surface area contributed by atoms with Gasteiger partial charge in [-0.2, -0.15) is 0 Å². The topological polar surface area (TPSA) is 86.6 Å². The normalized spacial score (nSPS) is 18.0. The zero-order valence-corrected chi connectivity index (χ0v) is 20.1. The predicted molar refractivity (Wildman–Crippen MR) is 132 cm³/mol. The van der Waals surface area contributed by atoms with E-state index in [2.05, 4.69) is 23.7 Å². The highest BCUT2D eigenvalue weighted by Gasteiger charge is 2.24. The van der Waals surface area contributed by atoms with E-state index in [1.165, 1.54) is 0 Å². The van der Waals surface area contributed by atoms with E-state index in [1.807, 2.05) is 43.1 Å². The lowest BCUT2D eigenvalue weighted by Crippen LogP contribution is -2.45. The van der Waals surface area contributed by atoms with Crippen LogP contribution in [0.1, 0.15) is 18.5 Å². The molecule has 0 fully saturated rings. The van der Waals surface area contributed by atoms with Crippen molar-refractivity contribution in [2.24, 2.45) is 8.14 Å². The zero-order chi connectivity index (χ0) is 20.4. The summed E-state index contributed by atoms with van der Waals surface area (Å²) in [6.45, 7) is 2.72. The molecule has 0 aliphatic carbocycles. The molecule has 0 radical (unpaired) electrons. The highest BCUT2D eigenvalue weighted by molar-refractivity contribution is 14.2. The molecule has 0 bridgehead atoms. The predicted octanol–water partition coefficient (Wildman–Crippen LogP) is 5.24. The molecule has 152 valence electrons. The monoisotopic (exact) mass is 617 g/mol. The Labute approximate surface area is 190 Å². The molecule has 4 rings (SSSR count). The third-order valence-electron chi connectivity index (χ3n) is 4.60. The van der Waals surface area contributed by atoms with Gasteiger partial charge in [0, 0.05) is 19.3 Å². The second kappa shape index (κ2) is 8.83. The van der Waals surface area contributed by atoms with E-state index in [0.29, 0.717) is 8.96 Å². The van der Waals surface area contributed by atoms with Crippen molar-refractivity contribution < 1.29 is 3.07 Å². The second-order valence-corrected chi connectivity index (χ2v) is 9.71. The first-order valence-corrected chi connectivity index (χ1v) is 12.7. The summed E-state index contributed by atoms with van der Waals surface area (Å²) >= 11 is -2.28. The smallest absolute Gasteiger partial charge is 0.262 e. The van der Waals surface area contributed by atoms with Crippen molar-refractivity contribution in [3.05, 3.63) is 71.2 Å². The van der Waals surface area contributed by atoms with Crippen LogP contribution >= 0.6 is 42.8 Å². The van der Waals surface area contributed by atoms with Crippen LogP contribution < -0.4 is 11.7 Å². The van der Waals surface area contributed by atoms with Gasteiger partial charge in [0.2, 0.25) is 0 Å². The fraction of sp³-hybridized carbons (Fsp3) is 0.211. The van der Waals surface area contributed by atoms with Gasteiger partial charge >= 0.3 is 0 Å². The molecule has 0 amide bonds. The molecule has 1 atom stereocenters. The van der Waals surface area contributed by atoms with Gasteiger partial charge in [0.25, 0.3) is 21.5 Å². The quantitative estimate of drug-likeness (QED) is 0.281. The average molecular weight is 617 g/mol. The number of rotatable bonds is 5. The standard InChI is InChI=1S/C19H19I2N6O2/c1-13(14-6-5-7-15(12-14)27(29)21-28)22-19-23-18(10-11-25(19)2)26-17-9-4-3-8-16(17)24-20-26/h3-10,12-13H,11H2,1-2H3,(H,22,23)/q-1/t13-/m0/s1. The van der Waals surface area contributed by atoms with E-state index in [4.69, 9.17) is 4.99 Å². The van der Waals surface area contributed by atoms with E-state index < -0.39 is 42.8 Å². The molecule has 2 aliphatic rings. The maximum atomic E-state index is 11.7. The van der Waals surface area contributed by atoms with E-state index in [1.54, 1.807) is 18.2 Å². The van der Waals surface area contributed by atoms with Crippen LogP contribution in [0.2, 0.25) is 0 Å². The summed E-state index contributed by atoms with van der Waals surface area (Å²) in [7, 11) is 1.99. The van der Waals surface area contributed by atoms with E-state index in [0.717, 1.165) is 35.3 Å². The average Bonchev–Trinajstić information content (AvgIpc) is 3.19. The molecule has 0 saturated heterocycles. The Hall–Kier alpha value is -1.93. The van der Waals surface area contributed by atoms with Gasteiger partial charge in [-0.25, -0.2) is 11.2 Å². The largest absolute Gasteiger partial charge is 0.748 e. The second-order valence-electron chi connectivity index (χ2n) is 6.56. The Morgan fingerprint density at radius 3 is 2.97 bits per heavy atom. The van der Waals surface area contributed by atoms with Crippen molar-refractivity contribution in [1.82, 2.24) is 10.2 Å². The number of nitrogens with zero attached hydrogens (tertiary/aromatic N) is 5. The van der Waals surface area contributed by atoms with Crippen LogP contribution in [0, 0.1) is 5.21 Å². The number of likely N-dealkylation sites (N-methyl/N-ethyl adjacent to an activating group) is 1. The highest BCUT2D eigenvalue weighted by Crippen LogP contribution is 2.44. The first kappa shape index (κ1) is 20.3. The fourth-order valence-electron chi connectivity index (χ4n) is 3.01. The molecule has 0 saturated carbocycles. The number of halogens is 2. The van der Waals surface area contributed by atoms with Crippen LogP contribution in [0.5, 0.6) is 0 Å². The summed E-state index contributed by atoms with van der Waals surface area (Å²) in [5.41, 5.74) is 3.46. The summed E-state index contributed by atoms with van der Waals surface area (Å²) in [4.78, 5) is 6.89. The molecule has 0 spiro atoms. The summed E-state index contributed by atoms with van der Waals surface area (Å²) < 4.78 is 18.5. The SMILES string of the molecule is C[C@H](N=C1NC(N2I=Nc3ccccc32)=CCN1C)c1cccc(N([O-])I=O)c1. The summed E-state index contributed by atoms with van der Waals surface area (Å²) in [5, 5.41) is 15.1. The van der Waals surface area contributed by atoms with Gasteiger partial charge in [0.15, 0.2) is 5.96 Å². The van der Waals surface area contributed by atoms with Gasteiger partial charge < -0.3 is 18.7 Å². The molecule has 2 aromatic carbocycles. The third kappa shape index (κ3) is 4.33. The lowest BCUT2D eigenvalue weighted by molar-refractivity contribution is 0.517. The number of benzene rings is 2. The van der Waals surface area contributed by atoms with Gasteiger partial charge in [-0.3, -0.25) is 3.11 Å². The Bertz CT molecular complexity index is 1030. The Morgan fingerprint density at radius 1 is 1.31 bits per heavy atom. The maximum absolute atomic E-state index is 11.7. The number of hydrogen-bond acceptors (Lipinski definition) is 5. The lowest BCUT2D eigenvalue weighted by Gasteiger charge is -2.31. The van der Waals surface area contributed by atoms with Crippen molar-refractivity contribution in [2.45, 2.75) is 13.0 Å². The molecule has 1 N–H and O–H groups in total. The number of anilines is 2. The molecule has 29 heavy (non-hydrogen) atoms. The van der Waals surface area contributed by atoms with E-state index >= 15 is 0 Å². The maximum Gasteiger partial charge on any atom is 0.262 e. The first-order valence-electron chi connectivity index (χ1n) is 8.92. The van der Waals surface area contributed by atoms with Crippen LogP contribution in [0.25, 0.3) is 0 Å². The van der Waals surface area contributed by atoms with Crippen molar-refractivity contribution >= 4 is 65.8 Å². The van der Waals surface area contributed by atoms with Crippen molar-refractivity contribution in [3.63, 3.8) is 0 Å². The number of hydrogen-bond donors (Lipinski definition) is 1. The zero-order valence-electron chi connectivity index (χ0n) is 15.8. The molecule has 8 nitrogen and oxygen atoms in total. The van der Waals surface area contributed by atoms with Crippen LogP contribution in [-0.4, -0.2) is 24.5 Å². The fourth-order valence-corrected chi connectivity index (χ4v) is 5.59. The van der Waals surface area contributed by atoms with Crippen LogP contribution in [0.15, 0.2) is 68.6 Å². The third-order valence-corrected chi connectivity index (χ3v) is 7.72. The number of fused-ring (bicyclic) bond motifs is 1. The highest BCUT2D eigenvalue weighted by atomic mass is 127. The van der Waals surface area contributed by atoms with E-state index in [-0.39, 0.29) is 6.04 Å². The Kier molecular flexibility index (Phi) is 6.20.